The fraction of sp³-hybridized carbons (Fsp3) is 0.800. The molecule has 16 heavy (non-hydrogen) atoms. The Morgan fingerprint density at radius 3 is 2.81 bits per heavy atom. The molecule has 2 rings (SSSR count). The van der Waals surface area contributed by atoms with E-state index < -0.39 is 6.03 Å². The lowest BCUT2D eigenvalue weighted by molar-refractivity contribution is -0.121. The number of hydrogen-bond acceptors (Lipinski definition) is 4. The summed E-state index contributed by atoms with van der Waals surface area (Å²) in [5.74, 6) is -0.315. The molecule has 0 aromatic heterocycles. The maximum absolute atomic E-state index is 11.4. The first kappa shape index (κ1) is 11.3. The highest BCUT2D eigenvalue weighted by atomic mass is 16.2. The molecular formula is C10H18N4O2. The summed E-state index contributed by atoms with van der Waals surface area (Å²) in [6.07, 6.45) is 3.49. The van der Waals surface area contributed by atoms with E-state index in [0.717, 1.165) is 19.5 Å². The van der Waals surface area contributed by atoms with Crippen molar-refractivity contribution in [2.45, 2.75) is 31.3 Å². The van der Waals surface area contributed by atoms with Gasteiger partial charge in [0.2, 0.25) is 5.91 Å². The quantitative estimate of drug-likeness (QED) is 0.564. The molecule has 2 bridgehead atoms. The van der Waals surface area contributed by atoms with Crippen molar-refractivity contribution in [2.24, 2.45) is 5.73 Å². The summed E-state index contributed by atoms with van der Waals surface area (Å²) in [6, 6.07) is 0.322. The summed E-state index contributed by atoms with van der Waals surface area (Å²) in [5.41, 5.74) is 4.89. The second kappa shape index (κ2) is 4.80. The monoisotopic (exact) mass is 226 g/mol. The molecule has 90 valence electrons. The molecule has 0 radical (unpaired) electrons. The third-order valence-corrected chi connectivity index (χ3v) is 3.24. The van der Waals surface area contributed by atoms with E-state index in [1.807, 2.05) is 0 Å². The topological polar surface area (TPSA) is 87.5 Å². The molecule has 0 aromatic carbocycles. The van der Waals surface area contributed by atoms with E-state index in [9.17, 15) is 9.59 Å². The molecule has 0 saturated carbocycles. The summed E-state index contributed by atoms with van der Waals surface area (Å²) in [6.45, 7) is 2.04. The van der Waals surface area contributed by atoms with Gasteiger partial charge in [-0.3, -0.25) is 15.0 Å². The number of rotatable bonds is 2. The third-order valence-electron chi connectivity index (χ3n) is 3.24. The second-order valence-electron chi connectivity index (χ2n) is 4.57. The number of carbonyl (C=O) groups is 2. The molecule has 2 aliphatic rings. The van der Waals surface area contributed by atoms with E-state index >= 15 is 0 Å². The number of primary amides is 1. The highest BCUT2D eigenvalue weighted by molar-refractivity contribution is 5.94. The maximum atomic E-state index is 11.4. The molecule has 0 aliphatic carbocycles. The highest BCUT2D eigenvalue weighted by Crippen LogP contribution is 2.19. The number of hydrogen-bond donors (Lipinski definition) is 3. The van der Waals surface area contributed by atoms with Gasteiger partial charge in [0.25, 0.3) is 0 Å². The Hall–Kier alpha value is -1.14. The van der Waals surface area contributed by atoms with Crippen LogP contribution in [0.15, 0.2) is 0 Å². The molecule has 4 N–H and O–H groups in total. The van der Waals surface area contributed by atoms with E-state index in [1.54, 1.807) is 0 Å². The molecule has 6 nitrogen and oxygen atoms in total. The van der Waals surface area contributed by atoms with Crippen LogP contribution in [0.2, 0.25) is 0 Å². The van der Waals surface area contributed by atoms with Gasteiger partial charge in [-0.2, -0.15) is 0 Å². The van der Waals surface area contributed by atoms with E-state index in [1.165, 1.54) is 12.8 Å². The molecule has 6 heteroatoms. The Morgan fingerprint density at radius 1 is 1.31 bits per heavy atom. The van der Waals surface area contributed by atoms with Crippen LogP contribution in [0.25, 0.3) is 0 Å². The molecular weight excluding hydrogens is 208 g/mol. The average molecular weight is 226 g/mol. The number of nitrogens with two attached hydrogens (primary N) is 1. The minimum atomic E-state index is -0.778. The Morgan fingerprint density at radius 2 is 2.06 bits per heavy atom. The number of imide groups is 1. The predicted octanol–water partition coefficient (Wildman–Crippen LogP) is -0.992. The van der Waals surface area contributed by atoms with Crippen LogP contribution in [0, 0.1) is 0 Å². The lowest BCUT2D eigenvalue weighted by Gasteiger charge is -2.22. The number of urea groups is 1. The number of nitrogens with zero attached hydrogens (tertiary/aromatic N) is 1. The van der Waals surface area contributed by atoms with Gasteiger partial charge in [0.1, 0.15) is 0 Å². The molecule has 2 unspecified atom stereocenters. The van der Waals surface area contributed by atoms with Crippen LogP contribution in [-0.4, -0.2) is 48.6 Å². The van der Waals surface area contributed by atoms with Gasteiger partial charge in [-0.05, 0) is 19.3 Å². The van der Waals surface area contributed by atoms with Gasteiger partial charge in [-0.15, -0.1) is 0 Å². The molecule has 2 heterocycles. The van der Waals surface area contributed by atoms with Crippen molar-refractivity contribution in [1.82, 2.24) is 15.5 Å². The number of carbonyl (C=O) groups excluding carboxylic acids is 2. The summed E-state index contributed by atoms with van der Waals surface area (Å²) < 4.78 is 0. The zero-order chi connectivity index (χ0) is 11.5. The number of fused-ring (bicyclic) bond motifs is 2. The van der Waals surface area contributed by atoms with Gasteiger partial charge in [0.15, 0.2) is 0 Å². The van der Waals surface area contributed by atoms with E-state index in [4.69, 9.17) is 5.73 Å². The van der Waals surface area contributed by atoms with Gasteiger partial charge in [-0.25, -0.2) is 4.79 Å². The van der Waals surface area contributed by atoms with Gasteiger partial charge < -0.3 is 11.1 Å². The zero-order valence-corrected chi connectivity index (χ0v) is 9.24. The first-order chi connectivity index (χ1) is 7.63. The van der Waals surface area contributed by atoms with Crippen LogP contribution in [0.4, 0.5) is 4.79 Å². The summed E-state index contributed by atoms with van der Waals surface area (Å²) >= 11 is 0. The van der Waals surface area contributed by atoms with Crippen molar-refractivity contribution in [3.05, 3.63) is 0 Å². The van der Waals surface area contributed by atoms with Crippen molar-refractivity contribution >= 4 is 11.9 Å². The molecule has 2 saturated heterocycles. The van der Waals surface area contributed by atoms with Crippen LogP contribution in [0.5, 0.6) is 0 Å². The minimum Gasteiger partial charge on any atom is -0.351 e. The zero-order valence-electron chi connectivity index (χ0n) is 9.24. The number of amides is 3. The van der Waals surface area contributed by atoms with Crippen molar-refractivity contribution in [2.75, 3.05) is 19.6 Å². The van der Waals surface area contributed by atoms with E-state index in [-0.39, 0.29) is 12.5 Å². The Bertz CT molecular complexity index is 295. The van der Waals surface area contributed by atoms with E-state index in [0.29, 0.717) is 12.1 Å². The summed E-state index contributed by atoms with van der Waals surface area (Å²) in [4.78, 5) is 24.0. The van der Waals surface area contributed by atoms with Crippen LogP contribution in [0.1, 0.15) is 19.3 Å². The minimum absolute atomic E-state index is 0.258. The SMILES string of the molecule is NC(=O)NC(=O)CN1CCC2CCC(C1)N2. The third kappa shape index (κ3) is 2.93. The van der Waals surface area contributed by atoms with Crippen LogP contribution in [0.3, 0.4) is 0 Å². The lowest BCUT2D eigenvalue weighted by Crippen LogP contribution is -2.44. The first-order valence-electron chi connectivity index (χ1n) is 5.71. The Balaban J connectivity index is 1.81. The van der Waals surface area contributed by atoms with Gasteiger partial charge in [0, 0.05) is 25.2 Å². The second-order valence-corrected chi connectivity index (χ2v) is 4.57. The fourth-order valence-electron chi connectivity index (χ4n) is 2.54. The van der Waals surface area contributed by atoms with Gasteiger partial charge >= 0.3 is 6.03 Å². The molecule has 2 fully saturated rings. The highest BCUT2D eigenvalue weighted by Gasteiger charge is 2.29. The van der Waals surface area contributed by atoms with E-state index in [2.05, 4.69) is 15.5 Å². The molecule has 2 aliphatic heterocycles. The predicted molar refractivity (Wildman–Crippen MR) is 58.7 cm³/mol. The Kier molecular flexibility index (Phi) is 3.40. The van der Waals surface area contributed by atoms with Crippen LogP contribution < -0.4 is 16.4 Å². The molecule has 0 aromatic rings. The molecule has 2 atom stereocenters. The fourth-order valence-corrected chi connectivity index (χ4v) is 2.54. The lowest BCUT2D eigenvalue weighted by atomic mass is 10.1. The first-order valence-corrected chi connectivity index (χ1v) is 5.71. The van der Waals surface area contributed by atoms with Crippen molar-refractivity contribution in [1.29, 1.82) is 0 Å². The van der Waals surface area contributed by atoms with Crippen LogP contribution in [-0.2, 0) is 4.79 Å². The number of likely N-dealkylation sites (tertiary alicyclic amines) is 1. The molecule has 3 amide bonds. The largest absolute Gasteiger partial charge is 0.351 e. The normalized spacial score (nSPS) is 29.8. The maximum Gasteiger partial charge on any atom is 0.318 e. The summed E-state index contributed by atoms with van der Waals surface area (Å²) in [7, 11) is 0. The van der Waals surface area contributed by atoms with Crippen LogP contribution >= 0.6 is 0 Å². The van der Waals surface area contributed by atoms with Crippen molar-refractivity contribution in [3.63, 3.8) is 0 Å². The summed E-state index contributed by atoms with van der Waals surface area (Å²) in [5, 5.41) is 5.62. The molecule has 0 spiro atoms. The standard InChI is InChI=1S/C10H18N4O2/c11-10(16)13-9(15)6-14-4-3-7-1-2-8(5-14)12-7/h7-8,12H,1-6H2,(H3,11,13,15,16). The van der Waals surface area contributed by atoms with Gasteiger partial charge in [0.05, 0.1) is 6.54 Å². The average Bonchev–Trinajstić information content (AvgIpc) is 2.49. The smallest absolute Gasteiger partial charge is 0.318 e. The number of nitrogens with one attached hydrogen (secondary N) is 2. The Labute approximate surface area is 94.5 Å². The van der Waals surface area contributed by atoms with Gasteiger partial charge in [-0.1, -0.05) is 0 Å². The van der Waals surface area contributed by atoms with Crippen molar-refractivity contribution in [3.8, 4) is 0 Å². The van der Waals surface area contributed by atoms with Crippen molar-refractivity contribution < 1.29 is 9.59 Å².